The molecule has 0 aromatic heterocycles. The molecular weight excluding hydrogens is 330 g/mol. The quantitative estimate of drug-likeness (QED) is 0.595. The van der Waals surface area contributed by atoms with E-state index in [1.807, 2.05) is 0 Å². The Morgan fingerprint density at radius 1 is 1.21 bits per heavy atom. The van der Waals surface area contributed by atoms with Crippen molar-refractivity contribution >= 4 is 29.5 Å². The van der Waals surface area contributed by atoms with Crippen LogP contribution in [-0.4, -0.2) is 32.0 Å². The predicted octanol–water partition coefficient (Wildman–Crippen LogP) is 3.35. The third kappa shape index (κ3) is 3.68. The first-order valence-corrected chi connectivity index (χ1v) is 7.96. The monoisotopic (exact) mass is 345 g/mol. The Morgan fingerprint density at radius 2 is 2.00 bits per heavy atom. The van der Waals surface area contributed by atoms with Gasteiger partial charge < -0.3 is 14.4 Å². The van der Waals surface area contributed by atoms with E-state index >= 15 is 0 Å². The van der Waals surface area contributed by atoms with Gasteiger partial charge in [0.25, 0.3) is 5.91 Å². The van der Waals surface area contributed by atoms with Crippen LogP contribution in [0.1, 0.15) is 16.8 Å². The number of amides is 1. The summed E-state index contributed by atoms with van der Waals surface area (Å²) in [6.45, 7) is 0.964. The van der Waals surface area contributed by atoms with Gasteiger partial charge in [-0.15, -0.1) is 0 Å². The molecule has 0 aliphatic carbocycles. The van der Waals surface area contributed by atoms with E-state index in [-0.39, 0.29) is 12.5 Å². The van der Waals surface area contributed by atoms with Gasteiger partial charge in [-0.25, -0.2) is 0 Å². The number of nitrogens with zero attached hydrogens (tertiary/aromatic N) is 1. The normalized spacial score (nSPS) is 13.2. The number of benzene rings is 2. The number of halogens is 1. The maximum atomic E-state index is 12.1. The van der Waals surface area contributed by atoms with E-state index in [0.29, 0.717) is 41.6 Å². The number of ether oxygens (including phenoxy) is 2. The third-order valence-electron chi connectivity index (χ3n) is 3.67. The number of anilines is 1. The van der Waals surface area contributed by atoms with Crippen molar-refractivity contribution in [1.82, 2.24) is 0 Å². The van der Waals surface area contributed by atoms with E-state index in [1.165, 1.54) is 0 Å². The van der Waals surface area contributed by atoms with Gasteiger partial charge in [-0.2, -0.15) is 0 Å². The number of carbonyl (C=O) groups is 2. The fourth-order valence-electron chi connectivity index (χ4n) is 2.48. The minimum absolute atomic E-state index is 0.00543. The van der Waals surface area contributed by atoms with Crippen LogP contribution >= 0.6 is 11.6 Å². The smallest absolute Gasteiger partial charge is 0.265 e. The van der Waals surface area contributed by atoms with Crippen molar-refractivity contribution in [2.24, 2.45) is 0 Å². The molecule has 5 nitrogen and oxygen atoms in total. The molecule has 0 saturated heterocycles. The summed E-state index contributed by atoms with van der Waals surface area (Å²) in [5.74, 6) is 1.22. The molecule has 0 unspecified atom stereocenters. The summed E-state index contributed by atoms with van der Waals surface area (Å²) in [4.78, 5) is 24.7. The summed E-state index contributed by atoms with van der Waals surface area (Å²) in [5.41, 5.74) is 1.14. The van der Waals surface area contributed by atoms with Crippen LogP contribution < -0.4 is 14.4 Å². The Kier molecular flexibility index (Phi) is 5.01. The lowest BCUT2D eigenvalue weighted by molar-refractivity contribution is -0.121. The average Bonchev–Trinajstić information content (AvgIpc) is 2.61. The highest BCUT2D eigenvalue weighted by atomic mass is 35.5. The lowest BCUT2D eigenvalue weighted by Gasteiger charge is -2.29. The van der Waals surface area contributed by atoms with E-state index in [4.69, 9.17) is 21.1 Å². The Balaban J connectivity index is 1.61. The second-order valence-corrected chi connectivity index (χ2v) is 5.77. The molecule has 0 N–H and O–H groups in total. The van der Waals surface area contributed by atoms with E-state index in [0.717, 1.165) is 12.0 Å². The van der Waals surface area contributed by atoms with Crippen LogP contribution in [0.5, 0.6) is 11.5 Å². The van der Waals surface area contributed by atoms with Crippen molar-refractivity contribution in [3.63, 3.8) is 0 Å². The average molecular weight is 346 g/mol. The van der Waals surface area contributed by atoms with Gasteiger partial charge in [-0.05, 0) is 48.9 Å². The highest BCUT2D eigenvalue weighted by molar-refractivity contribution is 6.30. The number of hydrogen-bond donors (Lipinski definition) is 0. The molecule has 1 amide bonds. The first-order valence-electron chi connectivity index (χ1n) is 7.58. The van der Waals surface area contributed by atoms with E-state index < -0.39 is 0 Å². The molecule has 2 aromatic rings. The van der Waals surface area contributed by atoms with Crippen molar-refractivity contribution in [3.05, 3.63) is 53.1 Å². The highest BCUT2D eigenvalue weighted by Gasteiger charge is 2.25. The summed E-state index contributed by atoms with van der Waals surface area (Å²) in [6, 6.07) is 12.2. The highest BCUT2D eigenvalue weighted by Crippen LogP contribution is 2.32. The molecule has 1 aliphatic rings. The van der Waals surface area contributed by atoms with E-state index in [9.17, 15) is 9.59 Å². The Morgan fingerprint density at radius 3 is 2.75 bits per heavy atom. The first kappa shape index (κ1) is 16.3. The molecule has 124 valence electrons. The molecule has 0 saturated carbocycles. The molecule has 0 radical (unpaired) electrons. The lowest BCUT2D eigenvalue weighted by Crippen LogP contribution is -2.39. The second kappa shape index (κ2) is 7.36. The van der Waals surface area contributed by atoms with Gasteiger partial charge in [0.2, 0.25) is 0 Å². The fraction of sp³-hybridized carbons (Fsp3) is 0.222. The number of rotatable bonds is 6. The van der Waals surface area contributed by atoms with Gasteiger partial charge in [0.15, 0.2) is 6.61 Å². The van der Waals surface area contributed by atoms with Crippen LogP contribution in [0.15, 0.2) is 42.5 Å². The SMILES string of the molecule is O=Cc1ccc2c(c1)N(CCCOc1ccc(Cl)cc1)C(=O)CO2. The maximum absolute atomic E-state index is 12.1. The van der Waals surface area contributed by atoms with E-state index in [1.54, 1.807) is 47.4 Å². The summed E-state index contributed by atoms with van der Waals surface area (Å²) in [7, 11) is 0. The third-order valence-corrected chi connectivity index (χ3v) is 3.92. The number of hydrogen-bond acceptors (Lipinski definition) is 4. The molecule has 6 heteroatoms. The maximum Gasteiger partial charge on any atom is 0.265 e. The largest absolute Gasteiger partial charge is 0.494 e. The Bertz CT molecular complexity index is 745. The van der Waals surface area contributed by atoms with Crippen LogP contribution in [-0.2, 0) is 4.79 Å². The zero-order valence-electron chi connectivity index (χ0n) is 12.9. The number of carbonyl (C=O) groups excluding carboxylic acids is 2. The van der Waals surface area contributed by atoms with Gasteiger partial charge in [0, 0.05) is 17.1 Å². The number of aldehydes is 1. The van der Waals surface area contributed by atoms with Gasteiger partial charge >= 0.3 is 0 Å². The van der Waals surface area contributed by atoms with Crippen LogP contribution in [0.2, 0.25) is 5.02 Å². The van der Waals surface area contributed by atoms with Gasteiger partial charge in [0.05, 0.1) is 12.3 Å². The van der Waals surface area contributed by atoms with Crippen molar-refractivity contribution in [1.29, 1.82) is 0 Å². The molecule has 3 rings (SSSR count). The van der Waals surface area contributed by atoms with Crippen molar-refractivity contribution < 1.29 is 19.1 Å². The Hall–Kier alpha value is -2.53. The van der Waals surface area contributed by atoms with Crippen molar-refractivity contribution in [3.8, 4) is 11.5 Å². The number of fused-ring (bicyclic) bond motifs is 1. The minimum atomic E-state index is -0.128. The minimum Gasteiger partial charge on any atom is -0.494 e. The summed E-state index contributed by atoms with van der Waals surface area (Å²) >= 11 is 5.83. The second-order valence-electron chi connectivity index (χ2n) is 5.34. The summed E-state index contributed by atoms with van der Waals surface area (Å²) in [5, 5.41) is 0.656. The van der Waals surface area contributed by atoms with Crippen molar-refractivity contribution in [2.45, 2.75) is 6.42 Å². The lowest BCUT2D eigenvalue weighted by atomic mass is 10.1. The fourth-order valence-corrected chi connectivity index (χ4v) is 2.61. The molecular formula is C18H16ClNO4. The van der Waals surface area contributed by atoms with E-state index in [2.05, 4.69) is 0 Å². The standard InChI is InChI=1S/C18H16ClNO4/c19-14-3-5-15(6-4-14)23-9-1-8-20-16-10-13(11-21)2-7-17(16)24-12-18(20)22/h2-7,10-11H,1,8-9,12H2. The van der Waals surface area contributed by atoms with Crippen LogP contribution in [0, 0.1) is 0 Å². The Labute approximate surface area is 144 Å². The summed E-state index contributed by atoms with van der Waals surface area (Å²) in [6.07, 6.45) is 1.40. The zero-order chi connectivity index (χ0) is 16.9. The van der Waals surface area contributed by atoms with Gasteiger partial charge in [0.1, 0.15) is 17.8 Å². The molecule has 0 bridgehead atoms. The van der Waals surface area contributed by atoms with Crippen LogP contribution in [0.3, 0.4) is 0 Å². The molecule has 1 heterocycles. The van der Waals surface area contributed by atoms with Gasteiger partial charge in [-0.3, -0.25) is 9.59 Å². The molecule has 0 fully saturated rings. The first-order chi connectivity index (χ1) is 11.7. The predicted molar refractivity (Wildman–Crippen MR) is 91.2 cm³/mol. The zero-order valence-corrected chi connectivity index (χ0v) is 13.7. The molecule has 2 aromatic carbocycles. The van der Waals surface area contributed by atoms with Crippen molar-refractivity contribution in [2.75, 3.05) is 24.7 Å². The molecule has 0 atom stereocenters. The molecule has 24 heavy (non-hydrogen) atoms. The molecule has 1 aliphatic heterocycles. The topological polar surface area (TPSA) is 55.8 Å². The summed E-state index contributed by atoms with van der Waals surface area (Å²) < 4.78 is 11.0. The molecule has 0 spiro atoms. The van der Waals surface area contributed by atoms with Crippen LogP contribution in [0.4, 0.5) is 5.69 Å². The van der Waals surface area contributed by atoms with Gasteiger partial charge in [-0.1, -0.05) is 11.6 Å². The van der Waals surface area contributed by atoms with Crippen LogP contribution in [0.25, 0.3) is 0 Å².